The fourth-order valence-corrected chi connectivity index (χ4v) is 3.40. The molecule has 0 fully saturated rings. The quantitative estimate of drug-likeness (QED) is 0.341. The largest absolute Gasteiger partial charge is 0.368 e. The number of anilines is 1. The summed E-state index contributed by atoms with van der Waals surface area (Å²) < 4.78 is 16.3. The molecule has 0 bridgehead atoms. The number of pyridine rings is 1. The van der Waals surface area contributed by atoms with Gasteiger partial charge in [-0.25, -0.2) is 9.67 Å². The molecule has 0 aliphatic carbocycles. The van der Waals surface area contributed by atoms with Gasteiger partial charge in [0.05, 0.1) is 29.1 Å². The first kappa shape index (κ1) is 21.8. The Morgan fingerprint density at radius 3 is 2.52 bits per heavy atom. The van der Waals surface area contributed by atoms with Gasteiger partial charge in [-0.15, -0.1) is 0 Å². The number of halogens is 1. The van der Waals surface area contributed by atoms with Crippen LogP contribution in [0.3, 0.4) is 0 Å². The zero-order valence-corrected chi connectivity index (χ0v) is 17.7. The van der Waals surface area contributed by atoms with Crippen LogP contribution in [0.25, 0.3) is 22.0 Å². The van der Waals surface area contributed by atoms with Crippen molar-refractivity contribution in [2.45, 2.75) is 19.5 Å². The van der Waals surface area contributed by atoms with Crippen LogP contribution in [-0.4, -0.2) is 27.4 Å². The molecular formula is C24H19FN6O2. The minimum Gasteiger partial charge on any atom is -0.368 e. The summed E-state index contributed by atoms with van der Waals surface area (Å²) in [5.74, 6) is -0.491. The number of nitroso groups, excluding NO2 is 1. The number of fused-ring (bicyclic) bond motifs is 1. The second kappa shape index (κ2) is 9.36. The Bertz CT molecular complexity index is 1430. The van der Waals surface area contributed by atoms with Crippen LogP contribution < -0.4 is 10.9 Å². The van der Waals surface area contributed by atoms with Gasteiger partial charge in [0.1, 0.15) is 17.6 Å². The average molecular weight is 442 g/mol. The lowest BCUT2D eigenvalue weighted by atomic mass is 10.1. The zero-order valence-electron chi connectivity index (χ0n) is 17.7. The number of rotatable bonds is 7. The van der Waals surface area contributed by atoms with Crippen LogP contribution in [0, 0.1) is 22.2 Å². The molecule has 4 aromatic rings. The van der Waals surface area contributed by atoms with E-state index in [0.29, 0.717) is 22.0 Å². The molecule has 4 rings (SSSR count). The maximum absolute atomic E-state index is 15.0. The van der Waals surface area contributed by atoms with E-state index < -0.39 is 12.0 Å². The highest BCUT2D eigenvalue weighted by molar-refractivity contribution is 5.93. The number of hydrogen-bond acceptors (Lipinski definition) is 7. The van der Waals surface area contributed by atoms with Crippen molar-refractivity contribution in [3.05, 3.63) is 93.0 Å². The standard InChI is InChI=1S/C24H19FN6O2/c1-15(30-33)13-27-21-11-10-20(23(25)28-21)22-18-4-2-3-5-19(18)24(32)31(29-22)14-17-8-6-16(12-26)7-9-17/h2-11,15H,13-14H2,1H3,(H,27,28). The van der Waals surface area contributed by atoms with Gasteiger partial charge in [0.15, 0.2) is 0 Å². The summed E-state index contributed by atoms with van der Waals surface area (Å²) in [6.07, 6.45) is 0. The number of hydrogen-bond donors (Lipinski definition) is 1. The van der Waals surface area contributed by atoms with E-state index in [1.165, 1.54) is 10.7 Å². The van der Waals surface area contributed by atoms with Crippen molar-refractivity contribution in [2.24, 2.45) is 5.18 Å². The van der Waals surface area contributed by atoms with Gasteiger partial charge in [0.25, 0.3) is 5.56 Å². The van der Waals surface area contributed by atoms with Crippen molar-refractivity contribution >= 4 is 16.6 Å². The molecule has 164 valence electrons. The Labute approximate surface area is 188 Å². The molecule has 1 atom stereocenters. The highest BCUT2D eigenvalue weighted by Crippen LogP contribution is 2.27. The van der Waals surface area contributed by atoms with Gasteiger partial charge >= 0.3 is 0 Å². The van der Waals surface area contributed by atoms with Crippen LogP contribution >= 0.6 is 0 Å². The first-order valence-electron chi connectivity index (χ1n) is 10.2. The highest BCUT2D eigenvalue weighted by Gasteiger charge is 2.17. The molecule has 33 heavy (non-hydrogen) atoms. The molecule has 0 amide bonds. The van der Waals surface area contributed by atoms with Crippen LogP contribution in [0.4, 0.5) is 10.2 Å². The van der Waals surface area contributed by atoms with Crippen molar-refractivity contribution in [3.63, 3.8) is 0 Å². The second-order valence-electron chi connectivity index (χ2n) is 7.54. The van der Waals surface area contributed by atoms with Gasteiger partial charge in [0, 0.05) is 11.9 Å². The molecule has 2 aromatic heterocycles. The van der Waals surface area contributed by atoms with E-state index in [1.54, 1.807) is 61.5 Å². The van der Waals surface area contributed by atoms with Gasteiger partial charge in [-0.1, -0.05) is 35.5 Å². The van der Waals surface area contributed by atoms with Crippen LogP contribution in [0.15, 0.2) is 70.6 Å². The lowest BCUT2D eigenvalue weighted by Gasteiger charge is -2.13. The molecule has 1 unspecified atom stereocenters. The predicted octanol–water partition coefficient (Wildman–Crippen LogP) is 4.08. The summed E-state index contributed by atoms with van der Waals surface area (Å²) in [6.45, 7) is 2.03. The van der Waals surface area contributed by atoms with E-state index in [9.17, 15) is 9.70 Å². The molecule has 9 heteroatoms. The van der Waals surface area contributed by atoms with Crippen LogP contribution in [0.1, 0.15) is 18.1 Å². The minimum absolute atomic E-state index is 0.145. The van der Waals surface area contributed by atoms with E-state index >= 15 is 4.39 Å². The molecule has 8 nitrogen and oxygen atoms in total. The molecule has 0 aliphatic rings. The van der Waals surface area contributed by atoms with Gasteiger partial charge in [-0.2, -0.15) is 19.7 Å². The Morgan fingerprint density at radius 1 is 1.12 bits per heavy atom. The molecule has 0 radical (unpaired) electrons. The maximum atomic E-state index is 15.0. The van der Waals surface area contributed by atoms with Crippen molar-refractivity contribution in [3.8, 4) is 17.3 Å². The fourth-order valence-electron chi connectivity index (χ4n) is 3.40. The molecule has 1 N–H and O–H groups in total. The third-order valence-corrected chi connectivity index (χ3v) is 5.15. The van der Waals surface area contributed by atoms with Gasteiger partial charge in [-0.05, 0) is 42.8 Å². The lowest BCUT2D eigenvalue weighted by Crippen LogP contribution is -2.24. The van der Waals surface area contributed by atoms with Crippen LogP contribution in [0.5, 0.6) is 0 Å². The summed E-state index contributed by atoms with van der Waals surface area (Å²) in [7, 11) is 0. The number of aromatic nitrogens is 3. The molecule has 0 spiro atoms. The summed E-state index contributed by atoms with van der Waals surface area (Å²) in [5.41, 5.74) is 1.42. The van der Waals surface area contributed by atoms with Gasteiger partial charge in [-0.3, -0.25) is 4.79 Å². The average Bonchev–Trinajstić information content (AvgIpc) is 2.85. The Morgan fingerprint density at radius 2 is 1.85 bits per heavy atom. The summed E-state index contributed by atoms with van der Waals surface area (Å²) in [5, 5.41) is 20.1. The first-order valence-corrected chi connectivity index (χ1v) is 10.2. The van der Waals surface area contributed by atoms with Crippen molar-refractivity contribution < 1.29 is 4.39 Å². The fraction of sp³-hybridized carbons (Fsp3) is 0.167. The van der Waals surface area contributed by atoms with Crippen molar-refractivity contribution in [1.29, 1.82) is 5.26 Å². The van der Waals surface area contributed by atoms with E-state index in [2.05, 4.69) is 26.6 Å². The summed E-state index contributed by atoms with van der Waals surface area (Å²) in [6, 6.07) is 18.4. The number of nitrogens with zero attached hydrogens (tertiary/aromatic N) is 5. The SMILES string of the molecule is CC(CNc1ccc(-c2nn(Cc3ccc(C#N)cc3)c(=O)c3ccccc23)c(F)n1)N=O. The van der Waals surface area contributed by atoms with Gasteiger partial charge < -0.3 is 5.32 Å². The molecular weight excluding hydrogens is 423 g/mol. The highest BCUT2D eigenvalue weighted by atomic mass is 19.1. The number of nitriles is 1. The smallest absolute Gasteiger partial charge is 0.274 e. The Kier molecular flexibility index (Phi) is 6.17. The topological polar surface area (TPSA) is 113 Å². The predicted molar refractivity (Wildman–Crippen MR) is 123 cm³/mol. The Balaban J connectivity index is 1.77. The third kappa shape index (κ3) is 4.60. The molecule has 2 aromatic carbocycles. The summed E-state index contributed by atoms with van der Waals surface area (Å²) >= 11 is 0. The van der Waals surface area contributed by atoms with E-state index in [1.807, 2.05) is 0 Å². The van der Waals surface area contributed by atoms with Crippen LogP contribution in [-0.2, 0) is 6.54 Å². The minimum atomic E-state index is -0.757. The van der Waals surface area contributed by atoms with Crippen molar-refractivity contribution in [1.82, 2.24) is 14.8 Å². The van der Waals surface area contributed by atoms with E-state index in [0.717, 1.165) is 5.56 Å². The zero-order chi connectivity index (χ0) is 23.4. The third-order valence-electron chi connectivity index (χ3n) is 5.15. The normalized spacial score (nSPS) is 11.7. The lowest BCUT2D eigenvalue weighted by molar-refractivity contribution is 0.585. The van der Waals surface area contributed by atoms with Crippen LogP contribution in [0.2, 0.25) is 0 Å². The summed E-state index contributed by atoms with van der Waals surface area (Å²) in [4.78, 5) is 27.5. The monoisotopic (exact) mass is 442 g/mol. The number of nitrogens with one attached hydrogen (secondary N) is 1. The van der Waals surface area contributed by atoms with E-state index in [4.69, 9.17) is 5.26 Å². The molecule has 0 saturated carbocycles. The molecule has 2 heterocycles. The first-order chi connectivity index (χ1) is 16.0. The van der Waals surface area contributed by atoms with Crippen molar-refractivity contribution in [2.75, 3.05) is 11.9 Å². The molecule has 0 saturated heterocycles. The second-order valence-corrected chi connectivity index (χ2v) is 7.54. The maximum Gasteiger partial charge on any atom is 0.274 e. The van der Waals surface area contributed by atoms with E-state index in [-0.39, 0.29) is 30.0 Å². The molecule has 0 aliphatic heterocycles. The number of benzene rings is 2. The van der Waals surface area contributed by atoms with Gasteiger partial charge in [0.2, 0.25) is 5.95 Å². The Hall–Kier alpha value is -4.45.